The highest BCUT2D eigenvalue weighted by molar-refractivity contribution is 5.48. The molecule has 1 N–H and O–H groups in total. The van der Waals surface area contributed by atoms with E-state index in [9.17, 15) is 10.1 Å². The number of rotatable bonds is 2. The minimum Gasteiger partial charge on any atom is -0.385 e. The maximum Gasteiger partial charge on any atom is 0.275 e. The molecule has 0 aromatic heterocycles. The van der Waals surface area contributed by atoms with Crippen LogP contribution >= 0.6 is 0 Å². The monoisotopic (exact) mass is 177 g/mol. The Kier molecular flexibility index (Phi) is 2.57. The first-order valence-corrected chi connectivity index (χ1v) is 3.35. The number of benzene rings is 1. The molecule has 1 aromatic carbocycles. The summed E-state index contributed by atoms with van der Waals surface area (Å²) < 4.78 is 0. The van der Waals surface area contributed by atoms with E-state index in [2.05, 4.69) is 0 Å². The minimum absolute atomic E-state index is 0.0315. The van der Waals surface area contributed by atoms with Crippen molar-refractivity contribution in [2.75, 3.05) is 0 Å². The molecule has 1 rings (SSSR count). The molecular weight excluding hydrogens is 172 g/mol. The van der Waals surface area contributed by atoms with Crippen LogP contribution in [-0.4, -0.2) is 10.0 Å². The molecule has 0 aliphatic carbocycles. The van der Waals surface area contributed by atoms with Crippen LogP contribution in [0, 0.1) is 28.1 Å². The lowest BCUT2D eigenvalue weighted by Crippen LogP contribution is -1.94. The zero-order chi connectivity index (χ0) is 9.84. The van der Waals surface area contributed by atoms with E-state index >= 15 is 0 Å². The first-order valence-electron chi connectivity index (χ1n) is 3.35. The van der Waals surface area contributed by atoms with Crippen molar-refractivity contribution in [2.24, 2.45) is 0 Å². The number of nitro groups is 1. The Morgan fingerprint density at radius 3 is 2.77 bits per heavy atom. The van der Waals surface area contributed by atoms with E-state index in [4.69, 9.17) is 10.4 Å². The Labute approximate surface area is 74.0 Å². The van der Waals surface area contributed by atoms with Crippen LogP contribution in [0.4, 0.5) is 5.69 Å². The summed E-state index contributed by atoms with van der Waals surface area (Å²) in [6.45, 7) is 0.610. The summed E-state index contributed by atoms with van der Waals surface area (Å²) in [6, 6.07) is 5.57. The smallest absolute Gasteiger partial charge is 0.275 e. The highest BCUT2D eigenvalue weighted by atomic mass is 16.6. The molecule has 0 bridgehead atoms. The van der Waals surface area contributed by atoms with Gasteiger partial charge in [-0.2, -0.15) is 5.26 Å². The Morgan fingerprint density at radius 1 is 1.62 bits per heavy atom. The Hall–Kier alpha value is -1.93. The van der Waals surface area contributed by atoms with Crippen LogP contribution in [0.5, 0.6) is 0 Å². The van der Waals surface area contributed by atoms with E-state index in [-0.39, 0.29) is 16.8 Å². The lowest BCUT2D eigenvalue weighted by Gasteiger charge is -1.97. The predicted octanol–water partition coefficient (Wildman–Crippen LogP) is 1.35. The summed E-state index contributed by atoms with van der Waals surface area (Å²) in [4.78, 5) is 9.75. The SMILES string of the molecule is N#Cc1ccc([N+](=O)[O-])c([CH]O)c1. The second-order valence-corrected chi connectivity index (χ2v) is 2.27. The van der Waals surface area contributed by atoms with Crippen molar-refractivity contribution >= 4 is 5.69 Å². The molecular formula is C8H5N2O3. The van der Waals surface area contributed by atoms with Crippen molar-refractivity contribution in [3.05, 3.63) is 46.0 Å². The summed E-state index contributed by atoms with van der Waals surface area (Å²) in [7, 11) is 0. The molecule has 0 aliphatic heterocycles. The van der Waals surface area contributed by atoms with Crippen LogP contribution < -0.4 is 0 Å². The fourth-order valence-electron chi connectivity index (χ4n) is 0.894. The van der Waals surface area contributed by atoms with Crippen molar-refractivity contribution in [3.8, 4) is 6.07 Å². The molecule has 0 heterocycles. The summed E-state index contributed by atoms with van der Waals surface area (Å²) >= 11 is 0. The van der Waals surface area contributed by atoms with Gasteiger partial charge in [0.2, 0.25) is 0 Å². The first kappa shape index (κ1) is 9.16. The van der Waals surface area contributed by atoms with Gasteiger partial charge in [0.25, 0.3) is 5.69 Å². The standard InChI is InChI=1S/C8H5N2O3/c9-4-6-1-2-8(10(12)13)7(3-6)5-11/h1-3,5,11H. The summed E-state index contributed by atoms with van der Waals surface area (Å²) in [5, 5.41) is 27.5. The quantitative estimate of drug-likeness (QED) is 0.545. The Balaban J connectivity index is 3.25. The third-order valence-corrected chi connectivity index (χ3v) is 1.49. The van der Waals surface area contributed by atoms with Crippen molar-refractivity contribution in [1.82, 2.24) is 0 Å². The fourth-order valence-corrected chi connectivity index (χ4v) is 0.894. The van der Waals surface area contributed by atoms with Crippen molar-refractivity contribution in [2.45, 2.75) is 0 Å². The lowest BCUT2D eigenvalue weighted by atomic mass is 10.1. The largest absolute Gasteiger partial charge is 0.385 e. The number of nitrogens with zero attached hydrogens (tertiary/aromatic N) is 2. The molecule has 5 heteroatoms. The van der Waals surface area contributed by atoms with Crippen LogP contribution in [0.2, 0.25) is 0 Å². The van der Waals surface area contributed by atoms with Crippen LogP contribution in [-0.2, 0) is 0 Å². The van der Waals surface area contributed by atoms with E-state index < -0.39 is 4.92 Å². The number of hydrogen-bond acceptors (Lipinski definition) is 4. The average Bonchev–Trinajstić information content (AvgIpc) is 2.16. The molecule has 1 aromatic rings. The van der Waals surface area contributed by atoms with Crippen LogP contribution in [0.3, 0.4) is 0 Å². The zero-order valence-electron chi connectivity index (χ0n) is 6.47. The van der Waals surface area contributed by atoms with E-state index in [0.717, 1.165) is 0 Å². The van der Waals surface area contributed by atoms with E-state index in [1.54, 1.807) is 0 Å². The Bertz CT molecular complexity index is 381. The van der Waals surface area contributed by atoms with Gasteiger partial charge in [-0.3, -0.25) is 10.1 Å². The number of aliphatic hydroxyl groups excluding tert-OH is 1. The molecule has 5 nitrogen and oxygen atoms in total. The predicted molar refractivity (Wildman–Crippen MR) is 43.1 cm³/mol. The number of nitro benzene ring substituents is 1. The maximum atomic E-state index is 10.4. The second kappa shape index (κ2) is 3.65. The highest BCUT2D eigenvalue weighted by Gasteiger charge is 2.12. The van der Waals surface area contributed by atoms with Gasteiger partial charge in [-0.15, -0.1) is 0 Å². The molecule has 0 saturated carbocycles. The molecule has 1 radical (unpaired) electrons. The van der Waals surface area contributed by atoms with Crippen LogP contribution in [0.15, 0.2) is 18.2 Å². The van der Waals surface area contributed by atoms with Gasteiger partial charge >= 0.3 is 0 Å². The van der Waals surface area contributed by atoms with Gasteiger partial charge in [0.05, 0.1) is 22.1 Å². The van der Waals surface area contributed by atoms with Gasteiger partial charge in [-0.1, -0.05) is 0 Å². The normalized spacial score (nSPS) is 9.23. The molecule has 13 heavy (non-hydrogen) atoms. The van der Waals surface area contributed by atoms with Crippen LogP contribution in [0.1, 0.15) is 11.1 Å². The third kappa shape index (κ3) is 1.80. The molecule has 65 valence electrons. The van der Waals surface area contributed by atoms with Gasteiger partial charge in [0, 0.05) is 6.07 Å². The fraction of sp³-hybridized carbons (Fsp3) is 0. The summed E-state index contributed by atoms with van der Waals surface area (Å²) in [6.07, 6.45) is 0. The molecule has 0 atom stereocenters. The molecule has 0 unspecified atom stereocenters. The van der Waals surface area contributed by atoms with Gasteiger partial charge in [0.1, 0.15) is 6.61 Å². The highest BCUT2D eigenvalue weighted by Crippen LogP contribution is 2.20. The minimum atomic E-state index is -0.622. The topological polar surface area (TPSA) is 87.2 Å². The maximum absolute atomic E-state index is 10.4. The Morgan fingerprint density at radius 2 is 2.31 bits per heavy atom. The van der Waals surface area contributed by atoms with Crippen molar-refractivity contribution in [1.29, 1.82) is 5.26 Å². The average molecular weight is 177 g/mol. The van der Waals surface area contributed by atoms with E-state index in [1.807, 2.05) is 6.07 Å². The molecule has 0 saturated heterocycles. The van der Waals surface area contributed by atoms with E-state index in [1.165, 1.54) is 18.2 Å². The summed E-state index contributed by atoms with van der Waals surface area (Å²) in [5.74, 6) is 0. The van der Waals surface area contributed by atoms with Gasteiger partial charge < -0.3 is 5.11 Å². The lowest BCUT2D eigenvalue weighted by molar-refractivity contribution is -0.385. The molecule has 0 fully saturated rings. The van der Waals surface area contributed by atoms with Gasteiger partial charge in [0.15, 0.2) is 0 Å². The molecule has 0 amide bonds. The van der Waals surface area contributed by atoms with E-state index in [0.29, 0.717) is 6.61 Å². The second-order valence-electron chi connectivity index (χ2n) is 2.27. The van der Waals surface area contributed by atoms with Crippen LogP contribution in [0.25, 0.3) is 0 Å². The molecule has 0 aliphatic rings. The number of aliphatic hydroxyl groups is 1. The third-order valence-electron chi connectivity index (χ3n) is 1.49. The van der Waals surface area contributed by atoms with Gasteiger partial charge in [-0.25, -0.2) is 0 Å². The zero-order valence-corrected chi connectivity index (χ0v) is 6.47. The van der Waals surface area contributed by atoms with Gasteiger partial charge in [-0.05, 0) is 12.1 Å². The summed E-state index contributed by atoms with van der Waals surface area (Å²) in [5.41, 5.74) is 0.0800. The molecule has 0 spiro atoms. The number of nitriles is 1. The van der Waals surface area contributed by atoms with Crippen molar-refractivity contribution in [3.63, 3.8) is 0 Å². The number of hydrogen-bond donors (Lipinski definition) is 1. The van der Waals surface area contributed by atoms with Crippen molar-refractivity contribution < 1.29 is 10.0 Å². The first-order chi connectivity index (χ1) is 6.19.